The molecule has 1 fully saturated rings. The Kier molecular flexibility index (Phi) is 4.55. The lowest BCUT2D eigenvalue weighted by atomic mass is 9.82. The number of rotatable bonds is 4. The average Bonchev–Trinajstić information content (AvgIpc) is 3.21. The molecule has 4 heterocycles. The number of amides is 1. The summed E-state index contributed by atoms with van der Waals surface area (Å²) in [6, 6.07) is 3.79. The third-order valence-electron chi connectivity index (χ3n) is 5.48. The number of ether oxygens (including phenoxy) is 1. The molecule has 0 saturated carbocycles. The second kappa shape index (κ2) is 7.02. The van der Waals surface area contributed by atoms with Gasteiger partial charge in [0.25, 0.3) is 5.56 Å². The monoisotopic (exact) mass is 370 g/mol. The van der Waals surface area contributed by atoms with Crippen molar-refractivity contribution in [3.63, 3.8) is 0 Å². The fraction of sp³-hybridized carbons (Fsp3) is 0.474. The highest BCUT2D eigenvalue weighted by atomic mass is 16.5. The van der Waals surface area contributed by atoms with Gasteiger partial charge in [-0.05, 0) is 24.5 Å². The predicted octanol–water partition coefficient (Wildman–Crippen LogP) is 1.14. The molecule has 4 rings (SSSR count). The van der Waals surface area contributed by atoms with E-state index >= 15 is 0 Å². The summed E-state index contributed by atoms with van der Waals surface area (Å²) in [6.07, 6.45) is 4.57. The van der Waals surface area contributed by atoms with Gasteiger partial charge < -0.3 is 19.2 Å². The number of carbonyl (C=O) groups excluding carboxylic acids is 2. The zero-order valence-electron chi connectivity index (χ0n) is 15.2. The number of aromatic amines is 1. The zero-order chi connectivity index (χ0) is 19.0. The van der Waals surface area contributed by atoms with Crippen LogP contribution < -0.4 is 5.56 Å². The standard InChI is InChI=1S/C19H22N4O4/c1-27-17(25)5-4-16(24)22-9-12-8-13(11-22)15-3-2-14(18-20-6-7-21-18)19(26)23(15)10-12/h2-3,6-7,12-13H,4-5,8-11H2,1H3,(H,20,21)/t12-,13+/m0/s1. The number of nitrogens with one attached hydrogen (secondary N) is 1. The second-order valence-electron chi connectivity index (χ2n) is 7.20. The fourth-order valence-corrected chi connectivity index (χ4v) is 4.21. The van der Waals surface area contributed by atoms with Gasteiger partial charge in [0.05, 0.1) is 19.1 Å². The van der Waals surface area contributed by atoms with Crippen LogP contribution in [0.3, 0.4) is 0 Å². The molecule has 2 aromatic rings. The third-order valence-corrected chi connectivity index (χ3v) is 5.48. The quantitative estimate of drug-likeness (QED) is 0.814. The fourth-order valence-electron chi connectivity index (χ4n) is 4.21. The lowest BCUT2D eigenvalue weighted by molar-refractivity contribution is -0.144. The maximum absolute atomic E-state index is 12.9. The Balaban J connectivity index is 1.55. The second-order valence-corrected chi connectivity index (χ2v) is 7.20. The van der Waals surface area contributed by atoms with Crippen LogP contribution in [0.4, 0.5) is 0 Å². The van der Waals surface area contributed by atoms with Crippen molar-refractivity contribution in [2.24, 2.45) is 5.92 Å². The normalized spacial score (nSPS) is 20.9. The van der Waals surface area contributed by atoms with Gasteiger partial charge in [-0.3, -0.25) is 14.4 Å². The molecule has 8 nitrogen and oxygen atoms in total. The molecule has 2 atom stereocenters. The Hall–Kier alpha value is -2.90. The summed E-state index contributed by atoms with van der Waals surface area (Å²) in [4.78, 5) is 45.7. The molecule has 0 aromatic carbocycles. The molecule has 2 aliphatic rings. The Labute approximate surface area is 156 Å². The molecule has 2 aromatic heterocycles. The maximum atomic E-state index is 12.9. The largest absolute Gasteiger partial charge is 0.469 e. The summed E-state index contributed by atoms with van der Waals surface area (Å²) in [5.41, 5.74) is 1.49. The van der Waals surface area contributed by atoms with E-state index in [9.17, 15) is 14.4 Å². The summed E-state index contributed by atoms with van der Waals surface area (Å²) >= 11 is 0. The van der Waals surface area contributed by atoms with Crippen LogP contribution >= 0.6 is 0 Å². The maximum Gasteiger partial charge on any atom is 0.306 e. The van der Waals surface area contributed by atoms with Crippen molar-refractivity contribution < 1.29 is 14.3 Å². The van der Waals surface area contributed by atoms with Crippen LogP contribution in [0.5, 0.6) is 0 Å². The van der Waals surface area contributed by atoms with Crippen LogP contribution in [0.2, 0.25) is 0 Å². The topological polar surface area (TPSA) is 97.3 Å². The van der Waals surface area contributed by atoms with Crippen LogP contribution in [0.15, 0.2) is 29.3 Å². The number of carbonyl (C=O) groups is 2. The number of hydrogen-bond acceptors (Lipinski definition) is 5. The van der Waals surface area contributed by atoms with Crippen LogP contribution in [0.1, 0.15) is 30.9 Å². The molecule has 0 spiro atoms. The number of aromatic nitrogens is 3. The van der Waals surface area contributed by atoms with Gasteiger partial charge >= 0.3 is 5.97 Å². The summed E-state index contributed by atoms with van der Waals surface area (Å²) in [6.45, 7) is 1.80. The summed E-state index contributed by atoms with van der Waals surface area (Å²) in [5.74, 6) is 0.549. The van der Waals surface area contributed by atoms with E-state index < -0.39 is 0 Å². The van der Waals surface area contributed by atoms with Gasteiger partial charge in [0.2, 0.25) is 5.91 Å². The van der Waals surface area contributed by atoms with E-state index in [1.54, 1.807) is 12.4 Å². The van der Waals surface area contributed by atoms with Crippen LogP contribution in [-0.2, 0) is 20.9 Å². The Morgan fingerprint density at radius 3 is 2.85 bits per heavy atom. The van der Waals surface area contributed by atoms with E-state index in [4.69, 9.17) is 0 Å². The van der Waals surface area contributed by atoms with E-state index in [-0.39, 0.29) is 42.1 Å². The van der Waals surface area contributed by atoms with Gasteiger partial charge in [0.15, 0.2) is 0 Å². The number of esters is 1. The number of imidazole rings is 1. The summed E-state index contributed by atoms with van der Waals surface area (Å²) < 4.78 is 6.45. The van der Waals surface area contributed by atoms with Crippen molar-refractivity contribution in [2.45, 2.75) is 31.7 Å². The lowest BCUT2D eigenvalue weighted by Crippen LogP contribution is -2.49. The van der Waals surface area contributed by atoms with E-state index in [0.717, 1.165) is 12.1 Å². The molecule has 2 bridgehead atoms. The lowest BCUT2D eigenvalue weighted by Gasteiger charge is -2.43. The third kappa shape index (κ3) is 3.27. The number of nitrogens with zero attached hydrogens (tertiary/aromatic N) is 3. The Morgan fingerprint density at radius 1 is 1.26 bits per heavy atom. The number of likely N-dealkylation sites (tertiary alicyclic amines) is 1. The predicted molar refractivity (Wildman–Crippen MR) is 97.0 cm³/mol. The van der Waals surface area contributed by atoms with Crippen molar-refractivity contribution in [3.8, 4) is 11.4 Å². The molecule has 27 heavy (non-hydrogen) atoms. The molecule has 8 heteroatoms. The first kappa shape index (κ1) is 17.5. The molecule has 2 aliphatic heterocycles. The zero-order valence-corrected chi connectivity index (χ0v) is 15.2. The molecule has 1 N–H and O–H groups in total. The van der Waals surface area contributed by atoms with E-state index in [1.807, 2.05) is 21.6 Å². The van der Waals surface area contributed by atoms with Gasteiger partial charge in [0.1, 0.15) is 5.82 Å². The van der Waals surface area contributed by atoms with Crippen LogP contribution in [0.25, 0.3) is 11.4 Å². The van der Waals surface area contributed by atoms with Crippen LogP contribution in [0, 0.1) is 5.92 Å². The smallest absolute Gasteiger partial charge is 0.306 e. The van der Waals surface area contributed by atoms with Crippen LogP contribution in [-0.4, -0.2) is 51.5 Å². The highest BCUT2D eigenvalue weighted by Gasteiger charge is 2.36. The van der Waals surface area contributed by atoms with Gasteiger partial charge in [-0.25, -0.2) is 4.98 Å². The molecule has 142 valence electrons. The first-order chi connectivity index (χ1) is 13.1. The summed E-state index contributed by atoms with van der Waals surface area (Å²) in [7, 11) is 1.32. The minimum atomic E-state index is -0.372. The van der Waals surface area contributed by atoms with Crippen molar-refractivity contribution in [1.29, 1.82) is 0 Å². The average molecular weight is 370 g/mol. The number of pyridine rings is 1. The van der Waals surface area contributed by atoms with E-state index in [0.29, 0.717) is 31.0 Å². The summed E-state index contributed by atoms with van der Waals surface area (Å²) in [5, 5.41) is 0. The van der Waals surface area contributed by atoms with Crippen molar-refractivity contribution >= 4 is 11.9 Å². The van der Waals surface area contributed by atoms with E-state index in [1.165, 1.54) is 7.11 Å². The van der Waals surface area contributed by atoms with E-state index in [2.05, 4.69) is 14.7 Å². The number of hydrogen-bond donors (Lipinski definition) is 1. The van der Waals surface area contributed by atoms with Gasteiger partial charge in [-0.1, -0.05) is 0 Å². The Bertz CT molecular complexity index is 918. The minimum Gasteiger partial charge on any atom is -0.469 e. The van der Waals surface area contributed by atoms with Crippen molar-refractivity contribution in [1.82, 2.24) is 19.4 Å². The highest BCUT2D eigenvalue weighted by Crippen LogP contribution is 2.35. The van der Waals surface area contributed by atoms with Crippen molar-refractivity contribution in [3.05, 3.63) is 40.6 Å². The van der Waals surface area contributed by atoms with Crippen molar-refractivity contribution in [2.75, 3.05) is 20.2 Å². The molecule has 1 amide bonds. The minimum absolute atomic E-state index is 0.0295. The molecule has 1 saturated heterocycles. The first-order valence-corrected chi connectivity index (χ1v) is 9.15. The number of methoxy groups -OCH3 is 1. The number of fused-ring (bicyclic) bond motifs is 4. The first-order valence-electron chi connectivity index (χ1n) is 9.15. The molecule has 0 radical (unpaired) electrons. The molecular formula is C19H22N4O4. The molecule has 0 unspecified atom stereocenters. The number of H-pyrrole nitrogens is 1. The molecular weight excluding hydrogens is 348 g/mol. The molecule has 0 aliphatic carbocycles. The number of piperidine rings is 1. The van der Waals surface area contributed by atoms with Gasteiger partial charge in [-0.2, -0.15) is 0 Å². The highest BCUT2D eigenvalue weighted by molar-refractivity contribution is 5.81. The Morgan fingerprint density at radius 2 is 2.11 bits per heavy atom. The SMILES string of the molecule is COC(=O)CCC(=O)N1C[C@@H]2C[C@H](C1)c1ccc(-c3ncc[nH]3)c(=O)n1C2. The van der Waals surface area contributed by atoms with Gasteiger partial charge in [0, 0.05) is 50.1 Å². The van der Waals surface area contributed by atoms with Gasteiger partial charge in [-0.15, -0.1) is 0 Å².